The van der Waals surface area contributed by atoms with Crippen LogP contribution >= 0.6 is 0 Å². The third-order valence-corrected chi connectivity index (χ3v) is 2.76. The molecule has 0 saturated carbocycles. The van der Waals surface area contributed by atoms with Crippen molar-refractivity contribution >= 4 is 0 Å². The largest absolute Gasteiger partial charge is 0.497 e. The number of ether oxygens (including phenoxy) is 1. The summed E-state index contributed by atoms with van der Waals surface area (Å²) in [6.45, 7) is 2.23. The zero-order chi connectivity index (χ0) is 13.8. The Morgan fingerprint density at radius 3 is 2.84 bits per heavy atom. The van der Waals surface area contributed by atoms with Crippen molar-refractivity contribution in [2.24, 2.45) is 0 Å². The Morgan fingerprint density at radius 2 is 2.21 bits per heavy atom. The molecular weight excluding hydrogens is 242 g/mol. The molecule has 19 heavy (non-hydrogen) atoms. The van der Waals surface area contributed by atoms with Crippen LogP contribution in [0.15, 0.2) is 35.1 Å². The lowest BCUT2D eigenvalue weighted by atomic mass is 10.1. The summed E-state index contributed by atoms with van der Waals surface area (Å²) in [5.41, 5.74) is 1.11. The Labute approximate surface area is 110 Å². The van der Waals surface area contributed by atoms with Crippen LogP contribution in [0.4, 0.5) is 0 Å². The number of aromatic nitrogens is 2. The monoisotopic (exact) mass is 255 g/mol. The van der Waals surface area contributed by atoms with Gasteiger partial charge in [-0.15, -0.1) is 0 Å². The van der Waals surface area contributed by atoms with Gasteiger partial charge in [0.25, 0.3) is 5.56 Å². The van der Waals surface area contributed by atoms with Crippen LogP contribution in [-0.4, -0.2) is 16.9 Å². The van der Waals surface area contributed by atoms with Crippen LogP contribution in [0.1, 0.15) is 12.5 Å². The van der Waals surface area contributed by atoms with Crippen molar-refractivity contribution in [3.8, 4) is 23.1 Å². The van der Waals surface area contributed by atoms with Crippen molar-refractivity contribution in [3.05, 3.63) is 46.2 Å². The topological polar surface area (TPSA) is 67.9 Å². The number of aryl methyl sites for hydroxylation is 1. The van der Waals surface area contributed by atoms with E-state index in [0.29, 0.717) is 18.0 Å². The van der Waals surface area contributed by atoms with Crippen LogP contribution in [0.2, 0.25) is 0 Å². The minimum Gasteiger partial charge on any atom is -0.497 e. The average Bonchev–Trinajstić information content (AvgIpc) is 2.47. The zero-order valence-electron chi connectivity index (χ0n) is 10.8. The van der Waals surface area contributed by atoms with Gasteiger partial charge in [-0.1, -0.05) is 12.1 Å². The average molecular weight is 255 g/mol. The van der Waals surface area contributed by atoms with E-state index in [4.69, 9.17) is 10.00 Å². The minimum atomic E-state index is -0.364. The molecule has 2 aromatic rings. The van der Waals surface area contributed by atoms with E-state index in [2.05, 4.69) is 5.10 Å². The van der Waals surface area contributed by atoms with Gasteiger partial charge in [0, 0.05) is 12.1 Å². The first-order valence-electron chi connectivity index (χ1n) is 5.86. The Kier molecular flexibility index (Phi) is 3.62. The number of rotatable bonds is 3. The molecule has 0 radical (unpaired) electrons. The number of nitriles is 1. The van der Waals surface area contributed by atoms with Gasteiger partial charge in [0.1, 0.15) is 17.4 Å². The number of methoxy groups -OCH3 is 1. The van der Waals surface area contributed by atoms with Gasteiger partial charge in [0.05, 0.1) is 12.8 Å². The van der Waals surface area contributed by atoms with E-state index in [9.17, 15) is 4.79 Å². The van der Waals surface area contributed by atoms with E-state index in [-0.39, 0.29) is 11.1 Å². The molecule has 2 rings (SSSR count). The highest BCUT2D eigenvalue weighted by Gasteiger charge is 2.09. The molecule has 5 nitrogen and oxygen atoms in total. The predicted octanol–water partition coefficient (Wildman–Crippen LogP) is 1.81. The van der Waals surface area contributed by atoms with Crippen molar-refractivity contribution in [2.75, 3.05) is 7.11 Å². The highest BCUT2D eigenvalue weighted by Crippen LogP contribution is 2.21. The predicted molar refractivity (Wildman–Crippen MR) is 70.9 cm³/mol. The maximum Gasteiger partial charge on any atom is 0.284 e. The number of benzene rings is 1. The summed E-state index contributed by atoms with van der Waals surface area (Å²) in [5.74, 6) is 0.701. The van der Waals surface area contributed by atoms with Crippen molar-refractivity contribution in [2.45, 2.75) is 13.5 Å². The SMILES string of the molecule is CCn1nc(-c2cccc(OC)c2)cc(C#N)c1=O. The molecule has 0 bridgehead atoms. The fourth-order valence-electron chi connectivity index (χ4n) is 1.76. The Morgan fingerprint density at radius 1 is 1.42 bits per heavy atom. The van der Waals surface area contributed by atoms with Gasteiger partial charge in [-0.25, -0.2) is 4.68 Å². The summed E-state index contributed by atoms with van der Waals surface area (Å²) in [7, 11) is 1.58. The van der Waals surface area contributed by atoms with Gasteiger partial charge in [0.15, 0.2) is 0 Å². The van der Waals surface area contributed by atoms with Crippen molar-refractivity contribution in [3.63, 3.8) is 0 Å². The quantitative estimate of drug-likeness (QED) is 0.838. The summed E-state index contributed by atoms with van der Waals surface area (Å²) in [6.07, 6.45) is 0. The molecule has 1 aromatic carbocycles. The van der Waals surface area contributed by atoms with Crippen LogP contribution < -0.4 is 10.3 Å². The second-order valence-corrected chi connectivity index (χ2v) is 3.91. The van der Waals surface area contributed by atoms with Crippen LogP contribution in [0, 0.1) is 11.3 Å². The lowest BCUT2D eigenvalue weighted by Crippen LogP contribution is -2.24. The first-order chi connectivity index (χ1) is 9.19. The van der Waals surface area contributed by atoms with Crippen LogP contribution in [0.3, 0.4) is 0 Å². The van der Waals surface area contributed by atoms with E-state index in [1.807, 2.05) is 37.3 Å². The van der Waals surface area contributed by atoms with Gasteiger partial charge >= 0.3 is 0 Å². The van der Waals surface area contributed by atoms with E-state index in [1.54, 1.807) is 7.11 Å². The van der Waals surface area contributed by atoms with Crippen LogP contribution in [-0.2, 0) is 6.54 Å². The highest BCUT2D eigenvalue weighted by atomic mass is 16.5. The highest BCUT2D eigenvalue weighted by molar-refractivity contribution is 5.62. The molecule has 0 aliphatic rings. The summed E-state index contributed by atoms with van der Waals surface area (Å²) in [5, 5.41) is 13.2. The third kappa shape index (κ3) is 2.47. The lowest BCUT2D eigenvalue weighted by molar-refractivity contribution is 0.415. The standard InChI is InChI=1S/C14H13N3O2/c1-3-17-14(18)11(9-15)8-13(16-17)10-5-4-6-12(7-10)19-2/h4-8H,3H2,1-2H3. The molecular formula is C14H13N3O2. The second kappa shape index (κ2) is 5.36. The Bertz CT molecular complexity index is 699. The number of hydrogen-bond donors (Lipinski definition) is 0. The number of hydrogen-bond acceptors (Lipinski definition) is 4. The Hall–Kier alpha value is -2.61. The normalized spacial score (nSPS) is 9.95. The van der Waals surface area contributed by atoms with Gasteiger partial charge < -0.3 is 4.74 Å². The summed E-state index contributed by atoms with van der Waals surface area (Å²) in [4.78, 5) is 11.8. The van der Waals surface area contributed by atoms with Gasteiger partial charge in [-0.05, 0) is 25.1 Å². The molecule has 0 saturated heterocycles. The Balaban J connectivity index is 2.62. The fraction of sp³-hybridized carbons (Fsp3) is 0.214. The van der Waals surface area contributed by atoms with E-state index < -0.39 is 0 Å². The molecule has 0 unspecified atom stereocenters. The molecule has 96 valence electrons. The van der Waals surface area contributed by atoms with Gasteiger partial charge in [0.2, 0.25) is 0 Å². The summed E-state index contributed by atoms with van der Waals surface area (Å²) >= 11 is 0. The molecule has 0 amide bonds. The minimum absolute atomic E-state index is 0.0923. The van der Waals surface area contributed by atoms with Crippen LogP contribution in [0.5, 0.6) is 5.75 Å². The molecule has 0 aliphatic heterocycles. The van der Waals surface area contributed by atoms with E-state index in [0.717, 1.165) is 5.56 Å². The maximum absolute atomic E-state index is 11.8. The molecule has 1 heterocycles. The molecule has 0 fully saturated rings. The second-order valence-electron chi connectivity index (χ2n) is 3.91. The van der Waals surface area contributed by atoms with Gasteiger partial charge in [-0.2, -0.15) is 10.4 Å². The van der Waals surface area contributed by atoms with E-state index >= 15 is 0 Å². The van der Waals surface area contributed by atoms with Crippen LogP contribution in [0.25, 0.3) is 11.3 Å². The summed E-state index contributed by atoms with van der Waals surface area (Å²) < 4.78 is 6.44. The lowest BCUT2D eigenvalue weighted by Gasteiger charge is -2.07. The summed E-state index contributed by atoms with van der Waals surface area (Å²) in [6, 6.07) is 10.7. The fourth-order valence-corrected chi connectivity index (χ4v) is 1.76. The molecule has 0 atom stereocenters. The van der Waals surface area contributed by atoms with Gasteiger partial charge in [-0.3, -0.25) is 4.79 Å². The van der Waals surface area contributed by atoms with Crippen molar-refractivity contribution in [1.82, 2.24) is 9.78 Å². The molecule has 0 aliphatic carbocycles. The smallest absolute Gasteiger partial charge is 0.284 e. The van der Waals surface area contributed by atoms with Crippen molar-refractivity contribution in [1.29, 1.82) is 5.26 Å². The maximum atomic E-state index is 11.8. The first kappa shape index (κ1) is 12.8. The third-order valence-electron chi connectivity index (χ3n) is 2.76. The first-order valence-corrected chi connectivity index (χ1v) is 5.86. The number of nitrogens with zero attached hydrogens (tertiary/aromatic N) is 3. The molecule has 0 N–H and O–H groups in total. The molecule has 5 heteroatoms. The van der Waals surface area contributed by atoms with Crippen molar-refractivity contribution < 1.29 is 4.74 Å². The van der Waals surface area contributed by atoms with E-state index in [1.165, 1.54) is 10.7 Å². The molecule has 0 spiro atoms. The molecule has 1 aromatic heterocycles. The zero-order valence-corrected chi connectivity index (χ0v) is 10.8.